The lowest BCUT2D eigenvalue weighted by molar-refractivity contribution is -0.138. The SMILES string of the molecule is CCOC(=O)C1=C(C)N=C2Sc3ccccc3N2[C@@H]1c1ccccc1OC. The summed E-state index contributed by atoms with van der Waals surface area (Å²) in [6.07, 6.45) is 0. The van der Waals surface area contributed by atoms with Crippen LogP contribution < -0.4 is 9.64 Å². The summed E-state index contributed by atoms with van der Waals surface area (Å²) in [6, 6.07) is 15.6. The van der Waals surface area contributed by atoms with Gasteiger partial charge in [0.15, 0.2) is 5.17 Å². The summed E-state index contributed by atoms with van der Waals surface area (Å²) in [7, 11) is 1.64. The zero-order valence-electron chi connectivity index (χ0n) is 15.4. The predicted octanol–water partition coefficient (Wildman–Crippen LogP) is 4.56. The van der Waals surface area contributed by atoms with Gasteiger partial charge in [0.25, 0.3) is 0 Å². The number of esters is 1. The molecule has 0 aromatic heterocycles. The molecule has 0 N–H and O–H groups in total. The summed E-state index contributed by atoms with van der Waals surface area (Å²) in [5.41, 5.74) is 3.16. The Hall–Kier alpha value is -2.73. The van der Waals surface area contributed by atoms with Gasteiger partial charge < -0.3 is 14.4 Å². The van der Waals surface area contributed by atoms with Crippen molar-refractivity contribution in [3.63, 3.8) is 0 Å². The molecule has 5 nitrogen and oxygen atoms in total. The molecular formula is C21H20N2O3S. The van der Waals surface area contributed by atoms with Crippen LogP contribution in [-0.2, 0) is 9.53 Å². The molecule has 6 heteroatoms. The normalized spacial score (nSPS) is 18.0. The molecule has 0 bridgehead atoms. The summed E-state index contributed by atoms with van der Waals surface area (Å²) in [5.74, 6) is 0.385. The lowest BCUT2D eigenvalue weighted by atomic mass is 9.93. The minimum absolute atomic E-state index is 0.316. The van der Waals surface area contributed by atoms with E-state index in [1.165, 1.54) is 0 Å². The Morgan fingerprint density at radius 3 is 2.70 bits per heavy atom. The fourth-order valence-electron chi connectivity index (χ4n) is 3.51. The fraction of sp³-hybridized carbons (Fsp3) is 0.238. The Balaban J connectivity index is 1.94. The Morgan fingerprint density at radius 2 is 1.93 bits per heavy atom. The fourth-order valence-corrected chi connectivity index (χ4v) is 4.60. The number of rotatable bonds is 4. The molecule has 138 valence electrons. The zero-order valence-corrected chi connectivity index (χ0v) is 16.2. The number of hydrogen-bond acceptors (Lipinski definition) is 6. The van der Waals surface area contributed by atoms with Crippen molar-refractivity contribution in [1.82, 2.24) is 0 Å². The van der Waals surface area contributed by atoms with Gasteiger partial charge in [-0.1, -0.05) is 30.3 Å². The van der Waals surface area contributed by atoms with Crippen LogP contribution in [0.5, 0.6) is 5.75 Å². The van der Waals surface area contributed by atoms with Gasteiger partial charge in [0.05, 0.1) is 36.7 Å². The van der Waals surface area contributed by atoms with Crippen LogP contribution in [0.4, 0.5) is 5.69 Å². The second-order valence-electron chi connectivity index (χ2n) is 6.20. The van der Waals surface area contributed by atoms with E-state index in [2.05, 4.69) is 17.0 Å². The minimum atomic E-state index is -0.358. The molecular weight excluding hydrogens is 360 g/mol. The van der Waals surface area contributed by atoms with Crippen LogP contribution >= 0.6 is 11.8 Å². The van der Waals surface area contributed by atoms with Gasteiger partial charge in [0.1, 0.15) is 5.75 Å². The number of ether oxygens (including phenoxy) is 2. The van der Waals surface area contributed by atoms with Crippen molar-refractivity contribution in [1.29, 1.82) is 0 Å². The van der Waals surface area contributed by atoms with Crippen molar-refractivity contribution in [2.45, 2.75) is 24.8 Å². The van der Waals surface area contributed by atoms with E-state index in [4.69, 9.17) is 14.5 Å². The van der Waals surface area contributed by atoms with Gasteiger partial charge in [-0.05, 0) is 43.8 Å². The van der Waals surface area contributed by atoms with Crippen LogP contribution in [0, 0.1) is 0 Å². The molecule has 0 fully saturated rings. The van der Waals surface area contributed by atoms with Crippen LogP contribution in [0.1, 0.15) is 25.5 Å². The maximum Gasteiger partial charge on any atom is 0.338 e. The van der Waals surface area contributed by atoms with Crippen LogP contribution in [0.15, 0.2) is 69.7 Å². The number of amidine groups is 1. The highest BCUT2D eigenvalue weighted by molar-refractivity contribution is 8.14. The Bertz CT molecular complexity index is 967. The van der Waals surface area contributed by atoms with Gasteiger partial charge in [-0.2, -0.15) is 0 Å². The van der Waals surface area contributed by atoms with Crippen LogP contribution in [-0.4, -0.2) is 24.9 Å². The maximum atomic E-state index is 12.9. The number of carbonyl (C=O) groups excluding carboxylic acids is 1. The number of hydrogen-bond donors (Lipinski definition) is 0. The molecule has 2 heterocycles. The quantitative estimate of drug-likeness (QED) is 0.728. The van der Waals surface area contributed by atoms with Gasteiger partial charge in [-0.15, -0.1) is 0 Å². The number of para-hydroxylation sites is 2. The first-order valence-corrected chi connectivity index (χ1v) is 9.63. The standard InChI is InChI=1S/C21H20N2O3S/c1-4-26-20(24)18-13(2)22-21-23(15-10-6-8-12-17(15)27-21)19(18)14-9-5-7-11-16(14)25-3/h5-12,19H,4H2,1-3H3/t19-/m1/s1. The van der Waals surface area contributed by atoms with E-state index in [-0.39, 0.29) is 12.0 Å². The van der Waals surface area contributed by atoms with Crippen molar-refractivity contribution < 1.29 is 14.3 Å². The third-order valence-corrected chi connectivity index (χ3v) is 5.68. The largest absolute Gasteiger partial charge is 0.496 e. The van der Waals surface area contributed by atoms with Gasteiger partial charge in [0.2, 0.25) is 0 Å². The van der Waals surface area contributed by atoms with E-state index in [1.807, 2.05) is 50.2 Å². The van der Waals surface area contributed by atoms with Gasteiger partial charge in [-0.3, -0.25) is 0 Å². The monoisotopic (exact) mass is 380 g/mol. The molecule has 4 rings (SSSR count). The molecule has 0 aliphatic carbocycles. The summed E-state index contributed by atoms with van der Waals surface area (Å²) < 4.78 is 11.0. The Kier molecular flexibility index (Phi) is 4.66. The van der Waals surface area contributed by atoms with Gasteiger partial charge >= 0.3 is 5.97 Å². The molecule has 0 spiro atoms. The van der Waals surface area contributed by atoms with Crippen LogP contribution in [0.25, 0.3) is 0 Å². The number of fused-ring (bicyclic) bond motifs is 3. The van der Waals surface area contributed by atoms with E-state index >= 15 is 0 Å². The molecule has 2 aliphatic rings. The van der Waals surface area contributed by atoms with Crippen LogP contribution in [0.2, 0.25) is 0 Å². The molecule has 2 aromatic carbocycles. The molecule has 0 saturated carbocycles. The number of thioether (sulfide) groups is 1. The maximum absolute atomic E-state index is 12.9. The zero-order chi connectivity index (χ0) is 19.0. The number of carbonyl (C=O) groups is 1. The number of methoxy groups -OCH3 is 1. The average Bonchev–Trinajstić information content (AvgIpc) is 3.04. The number of allylic oxidation sites excluding steroid dienone is 1. The molecule has 2 aromatic rings. The second kappa shape index (κ2) is 7.12. The van der Waals surface area contributed by atoms with Crippen molar-refractivity contribution in [3.8, 4) is 5.75 Å². The van der Waals surface area contributed by atoms with Crippen molar-refractivity contribution in [2.75, 3.05) is 18.6 Å². The van der Waals surface area contributed by atoms with E-state index in [0.29, 0.717) is 17.9 Å². The van der Waals surface area contributed by atoms with E-state index in [9.17, 15) is 4.79 Å². The number of anilines is 1. The number of aliphatic imine (C=N–C) groups is 1. The second-order valence-corrected chi connectivity index (χ2v) is 7.21. The topological polar surface area (TPSA) is 51.1 Å². The highest BCUT2D eigenvalue weighted by atomic mass is 32.2. The Morgan fingerprint density at radius 1 is 1.19 bits per heavy atom. The summed E-state index contributed by atoms with van der Waals surface area (Å²) in [6.45, 7) is 3.99. The third-order valence-electron chi connectivity index (χ3n) is 4.65. The van der Waals surface area contributed by atoms with E-state index in [0.717, 1.165) is 27.1 Å². The first-order chi connectivity index (χ1) is 13.2. The molecule has 1 atom stereocenters. The van der Waals surface area contributed by atoms with E-state index in [1.54, 1.807) is 18.9 Å². The summed E-state index contributed by atoms with van der Waals surface area (Å²) in [4.78, 5) is 20.8. The highest BCUT2D eigenvalue weighted by Crippen LogP contribution is 2.50. The molecule has 0 unspecified atom stereocenters. The first-order valence-electron chi connectivity index (χ1n) is 8.81. The lowest BCUT2D eigenvalue weighted by Gasteiger charge is -2.35. The smallest absolute Gasteiger partial charge is 0.338 e. The molecule has 0 amide bonds. The predicted molar refractivity (Wildman–Crippen MR) is 107 cm³/mol. The number of nitrogens with zero attached hydrogens (tertiary/aromatic N) is 2. The Labute approximate surface area is 162 Å². The minimum Gasteiger partial charge on any atom is -0.496 e. The average molecular weight is 380 g/mol. The number of benzene rings is 2. The highest BCUT2D eigenvalue weighted by Gasteiger charge is 2.42. The van der Waals surface area contributed by atoms with Crippen molar-refractivity contribution >= 4 is 28.6 Å². The third kappa shape index (κ3) is 2.90. The van der Waals surface area contributed by atoms with E-state index < -0.39 is 0 Å². The van der Waals surface area contributed by atoms with Crippen molar-refractivity contribution in [3.05, 3.63) is 65.4 Å². The van der Waals surface area contributed by atoms with Crippen molar-refractivity contribution in [2.24, 2.45) is 4.99 Å². The van der Waals surface area contributed by atoms with Gasteiger partial charge in [0, 0.05) is 10.5 Å². The molecule has 2 aliphatic heterocycles. The van der Waals surface area contributed by atoms with Crippen LogP contribution in [0.3, 0.4) is 0 Å². The lowest BCUT2D eigenvalue weighted by Crippen LogP contribution is -2.37. The molecule has 0 saturated heterocycles. The molecule has 27 heavy (non-hydrogen) atoms. The summed E-state index contributed by atoms with van der Waals surface area (Å²) in [5, 5.41) is 0.859. The first kappa shape index (κ1) is 17.7. The summed E-state index contributed by atoms with van der Waals surface area (Å²) >= 11 is 1.61. The van der Waals surface area contributed by atoms with Gasteiger partial charge in [-0.25, -0.2) is 9.79 Å². The molecule has 0 radical (unpaired) electrons.